The first-order valence-electron chi connectivity index (χ1n) is 5.30. The molecule has 0 unspecified atom stereocenters. The number of rotatable bonds is 4. The van der Waals surface area contributed by atoms with E-state index in [1.807, 2.05) is 6.07 Å². The van der Waals surface area contributed by atoms with Crippen LogP contribution in [0.25, 0.3) is 0 Å². The first kappa shape index (κ1) is 13.9. The molecule has 2 aromatic rings. The minimum atomic E-state index is 0.345. The normalized spacial score (nSPS) is 10.1. The second-order valence-corrected chi connectivity index (χ2v) is 4.67. The lowest BCUT2D eigenvalue weighted by Crippen LogP contribution is -1.97. The third-order valence-corrected chi connectivity index (χ3v) is 3.66. The van der Waals surface area contributed by atoms with Crippen molar-refractivity contribution in [2.24, 2.45) is 0 Å². The predicted octanol–water partition coefficient (Wildman–Crippen LogP) is 3.65. The van der Waals surface area contributed by atoms with Crippen LogP contribution in [0.15, 0.2) is 29.0 Å². The summed E-state index contributed by atoms with van der Waals surface area (Å²) in [5.41, 5.74) is 0.799. The summed E-state index contributed by atoms with van der Waals surface area (Å²) in [6.07, 6.45) is 1.39. The highest BCUT2D eigenvalue weighted by Gasteiger charge is 2.09. The maximum atomic E-state index is 5.90. The molecule has 1 aromatic heterocycles. The third-order valence-electron chi connectivity index (χ3n) is 2.39. The maximum Gasteiger partial charge on any atom is 0.162 e. The monoisotopic (exact) mass is 343 g/mol. The van der Waals surface area contributed by atoms with Crippen molar-refractivity contribution in [3.05, 3.63) is 34.2 Å². The van der Waals surface area contributed by atoms with Gasteiger partial charge in [0.05, 0.1) is 18.7 Å². The van der Waals surface area contributed by atoms with E-state index in [1.54, 1.807) is 26.4 Å². The van der Waals surface area contributed by atoms with Gasteiger partial charge in [0.1, 0.15) is 17.3 Å². The number of hydrogen-bond acceptors (Lipinski definition) is 5. The Morgan fingerprint density at radius 3 is 2.58 bits per heavy atom. The van der Waals surface area contributed by atoms with Crippen LogP contribution in [0.4, 0.5) is 11.5 Å². The van der Waals surface area contributed by atoms with Gasteiger partial charge in [0.2, 0.25) is 0 Å². The van der Waals surface area contributed by atoms with Gasteiger partial charge in [0.15, 0.2) is 11.5 Å². The molecule has 19 heavy (non-hydrogen) atoms. The van der Waals surface area contributed by atoms with Crippen molar-refractivity contribution in [2.75, 3.05) is 19.5 Å². The lowest BCUT2D eigenvalue weighted by Gasteiger charge is -2.11. The molecule has 1 N–H and O–H groups in total. The summed E-state index contributed by atoms with van der Waals surface area (Å²) in [4.78, 5) is 7.97. The zero-order chi connectivity index (χ0) is 13.8. The molecule has 0 saturated heterocycles. The van der Waals surface area contributed by atoms with Gasteiger partial charge in [-0.25, -0.2) is 9.97 Å². The van der Waals surface area contributed by atoms with Crippen molar-refractivity contribution >= 4 is 39.0 Å². The first-order chi connectivity index (χ1) is 9.15. The lowest BCUT2D eigenvalue weighted by atomic mass is 10.2. The van der Waals surface area contributed by atoms with E-state index in [1.165, 1.54) is 6.33 Å². The number of nitrogens with one attached hydrogen (secondary N) is 1. The third kappa shape index (κ3) is 3.08. The van der Waals surface area contributed by atoms with Crippen molar-refractivity contribution < 1.29 is 9.47 Å². The Morgan fingerprint density at radius 2 is 1.89 bits per heavy atom. The molecule has 100 valence electrons. The SMILES string of the molecule is COc1ccc(Nc2ncnc(Cl)c2Br)cc1OC. The van der Waals surface area contributed by atoms with Crippen LogP contribution in [-0.4, -0.2) is 24.2 Å². The fourth-order valence-electron chi connectivity index (χ4n) is 1.49. The Bertz CT molecular complexity index is 595. The standard InChI is InChI=1S/C12H11BrClN3O2/c1-18-8-4-3-7(5-9(8)19-2)17-12-10(13)11(14)15-6-16-12/h3-6H,1-2H3,(H,15,16,17). The molecule has 0 bridgehead atoms. The van der Waals surface area contributed by atoms with Crippen LogP contribution >= 0.6 is 27.5 Å². The van der Waals surface area contributed by atoms with Crippen LogP contribution in [0.3, 0.4) is 0 Å². The van der Waals surface area contributed by atoms with Crippen molar-refractivity contribution in [3.63, 3.8) is 0 Å². The fourth-order valence-corrected chi connectivity index (χ4v) is 1.92. The Labute approximate surface area is 124 Å². The topological polar surface area (TPSA) is 56.3 Å². The molecule has 0 aliphatic heterocycles. The Morgan fingerprint density at radius 1 is 1.16 bits per heavy atom. The number of hydrogen-bond donors (Lipinski definition) is 1. The highest BCUT2D eigenvalue weighted by molar-refractivity contribution is 9.10. The van der Waals surface area contributed by atoms with Gasteiger partial charge in [-0.15, -0.1) is 0 Å². The van der Waals surface area contributed by atoms with E-state index in [0.717, 1.165) is 5.69 Å². The molecular weight excluding hydrogens is 334 g/mol. The second-order valence-electron chi connectivity index (χ2n) is 3.52. The second kappa shape index (κ2) is 6.08. The summed E-state index contributed by atoms with van der Waals surface area (Å²) in [6, 6.07) is 5.46. The average Bonchev–Trinajstić information content (AvgIpc) is 2.43. The number of ether oxygens (including phenoxy) is 2. The fraction of sp³-hybridized carbons (Fsp3) is 0.167. The summed E-state index contributed by atoms with van der Waals surface area (Å²) in [7, 11) is 3.17. The van der Waals surface area contributed by atoms with Crippen LogP contribution in [0.2, 0.25) is 5.15 Å². The molecule has 0 fully saturated rings. The van der Waals surface area contributed by atoms with E-state index in [-0.39, 0.29) is 0 Å². The highest BCUT2D eigenvalue weighted by Crippen LogP contribution is 2.33. The van der Waals surface area contributed by atoms with Crippen molar-refractivity contribution in [3.8, 4) is 11.5 Å². The van der Waals surface area contributed by atoms with Gasteiger partial charge in [0.25, 0.3) is 0 Å². The number of halogens is 2. The van der Waals surface area contributed by atoms with Gasteiger partial charge >= 0.3 is 0 Å². The van der Waals surface area contributed by atoms with Crippen LogP contribution in [0.1, 0.15) is 0 Å². The number of aromatic nitrogens is 2. The van der Waals surface area contributed by atoms with Crippen molar-refractivity contribution in [1.29, 1.82) is 0 Å². The summed E-state index contributed by atoms with van der Waals surface area (Å²) in [6.45, 7) is 0. The molecular formula is C12H11BrClN3O2. The summed E-state index contributed by atoms with van der Waals surface area (Å²) in [5, 5.41) is 3.47. The first-order valence-corrected chi connectivity index (χ1v) is 6.48. The van der Waals surface area contributed by atoms with Crippen molar-refractivity contribution in [2.45, 2.75) is 0 Å². The Balaban J connectivity index is 2.31. The molecule has 0 aliphatic rings. The zero-order valence-electron chi connectivity index (χ0n) is 10.3. The van der Waals surface area contributed by atoms with Gasteiger partial charge in [-0.1, -0.05) is 11.6 Å². The van der Waals surface area contributed by atoms with Gasteiger partial charge in [-0.05, 0) is 28.1 Å². The van der Waals surface area contributed by atoms with Gasteiger partial charge in [-0.3, -0.25) is 0 Å². The van der Waals surface area contributed by atoms with Crippen LogP contribution < -0.4 is 14.8 Å². The summed E-state index contributed by atoms with van der Waals surface area (Å²) < 4.78 is 11.0. The predicted molar refractivity (Wildman–Crippen MR) is 77.6 cm³/mol. The summed E-state index contributed by atoms with van der Waals surface area (Å²) >= 11 is 9.23. The number of nitrogens with zero attached hydrogens (tertiary/aromatic N) is 2. The Kier molecular flexibility index (Phi) is 4.44. The van der Waals surface area contributed by atoms with Crippen LogP contribution in [-0.2, 0) is 0 Å². The van der Waals surface area contributed by atoms with Gasteiger partial charge in [-0.2, -0.15) is 0 Å². The largest absolute Gasteiger partial charge is 0.493 e. The smallest absolute Gasteiger partial charge is 0.162 e. The van der Waals surface area contributed by atoms with E-state index in [2.05, 4.69) is 31.2 Å². The number of anilines is 2. The maximum absolute atomic E-state index is 5.90. The van der Waals surface area contributed by atoms with Gasteiger partial charge in [0, 0.05) is 11.8 Å². The van der Waals surface area contributed by atoms with E-state index in [9.17, 15) is 0 Å². The van der Waals surface area contributed by atoms with E-state index in [4.69, 9.17) is 21.1 Å². The molecule has 0 spiro atoms. The lowest BCUT2D eigenvalue weighted by molar-refractivity contribution is 0.355. The molecule has 0 radical (unpaired) electrons. The zero-order valence-corrected chi connectivity index (χ0v) is 12.6. The highest BCUT2D eigenvalue weighted by atomic mass is 79.9. The molecule has 5 nitrogen and oxygen atoms in total. The number of methoxy groups -OCH3 is 2. The van der Waals surface area contributed by atoms with E-state index >= 15 is 0 Å². The summed E-state index contributed by atoms with van der Waals surface area (Å²) in [5.74, 6) is 1.86. The van der Waals surface area contributed by atoms with Crippen molar-refractivity contribution in [1.82, 2.24) is 9.97 Å². The minimum absolute atomic E-state index is 0.345. The molecule has 0 aliphatic carbocycles. The van der Waals surface area contributed by atoms with E-state index in [0.29, 0.717) is 26.9 Å². The minimum Gasteiger partial charge on any atom is -0.493 e. The molecule has 0 atom stereocenters. The van der Waals surface area contributed by atoms with Gasteiger partial charge < -0.3 is 14.8 Å². The van der Waals surface area contributed by atoms with Crippen LogP contribution in [0.5, 0.6) is 11.5 Å². The Hall–Kier alpha value is -1.53. The quantitative estimate of drug-likeness (QED) is 0.858. The van der Waals surface area contributed by atoms with E-state index < -0.39 is 0 Å². The number of benzene rings is 1. The molecule has 0 amide bonds. The van der Waals surface area contributed by atoms with Crippen LogP contribution in [0, 0.1) is 0 Å². The molecule has 1 heterocycles. The molecule has 0 saturated carbocycles. The molecule has 2 rings (SSSR count). The average molecular weight is 345 g/mol. The molecule has 7 heteroatoms. The molecule has 1 aromatic carbocycles.